The Hall–Kier alpha value is -1.02. The predicted molar refractivity (Wildman–Crippen MR) is 88.2 cm³/mol. The van der Waals surface area contributed by atoms with Crippen LogP contribution < -0.4 is 0 Å². The molecule has 2 heterocycles. The minimum Gasteiger partial charge on any atom is -0.360 e. The second-order valence-corrected chi connectivity index (χ2v) is 7.70. The van der Waals surface area contributed by atoms with Crippen molar-refractivity contribution in [3.63, 3.8) is 0 Å². The molecular weight excluding hydrogens is 346 g/mol. The molecule has 0 N–H and O–H groups in total. The second-order valence-electron chi connectivity index (χ2n) is 4.01. The summed E-state index contributed by atoms with van der Waals surface area (Å²) < 4.78 is 7.26. The molecular formula is C13H10ClN3OS3. The molecule has 0 atom stereocenters. The lowest BCUT2D eigenvalue weighted by Gasteiger charge is -1.94. The molecule has 0 bridgehead atoms. The van der Waals surface area contributed by atoms with Crippen molar-refractivity contribution < 1.29 is 4.52 Å². The van der Waals surface area contributed by atoms with Gasteiger partial charge in [-0.3, -0.25) is 0 Å². The fraction of sp³-hybridized carbons (Fsp3) is 0.154. The molecule has 1 aromatic carbocycles. The average molecular weight is 356 g/mol. The third-order valence-electron chi connectivity index (χ3n) is 2.60. The van der Waals surface area contributed by atoms with E-state index in [-0.39, 0.29) is 0 Å². The highest BCUT2D eigenvalue weighted by Gasteiger charge is 2.09. The summed E-state index contributed by atoms with van der Waals surface area (Å²) in [5, 5.41) is 13.0. The van der Waals surface area contributed by atoms with E-state index in [1.54, 1.807) is 34.9 Å². The maximum atomic E-state index is 5.88. The molecule has 0 fully saturated rings. The molecule has 3 rings (SSSR count). The van der Waals surface area contributed by atoms with Gasteiger partial charge in [0, 0.05) is 16.7 Å². The third kappa shape index (κ3) is 3.79. The van der Waals surface area contributed by atoms with Gasteiger partial charge in [-0.25, -0.2) is 0 Å². The van der Waals surface area contributed by atoms with E-state index >= 15 is 0 Å². The average Bonchev–Trinajstić information content (AvgIpc) is 3.15. The number of hydrogen-bond acceptors (Lipinski definition) is 7. The van der Waals surface area contributed by atoms with Crippen molar-refractivity contribution in [1.29, 1.82) is 0 Å². The molecule has 8 heteroatoms. The van der Waals surface area contributed by atoms with E-state index in [0.29, 0.717) is 10.8 Å². The lowest BCUT2D eigenvalue weighted by Crippen LogP contribution is -1.76. The quantitative estimate of drug-likeness (QED) is 0.609. The summed E-state index contributed by atoms with van der Waals surface area (Å²) in [5.74, 6) is 1.50. The van der Waals surface area contributed by atoms with Crippen LogP contribution in [0, 0.1) is 0 Å². The van der Waals surface area contributed by atoms with Gasteiger partial charge in [-0.15, -0.1) is 10.2 Å². The number of halogens is 1. The summed E-state index contributed by atoms with van der Waals surface area (Å²) in [6.45, 7) is 0. The number of aromatic nitrogens is 3. The van der Waals surface area contributed by atoms with Gasteiger partial charge in [0.25, 0.3) is 0 Å². The van der Waals surface area contributed by atoms with Crippen molar-refractivity contribution in [3.8, 4) is 11.3 Å². The number of benzene rings is 1. The first-order valence-corrected chi connectivity index (χ1v) is 9.37. The largest absolute Gasteiger partial charge is 0.360 e. The first-order valence-electron chi connectivity index (χ1n) is 5.96. The van der Waals surface area contributed by atoms with Gasteiger partial charge in [-0.1, -0.05) is 63.8 Å². The van der Waals surface area contributed by atoms with Crippen molar-refractivity contribution in [1.82, 2.24) is 15.4 Å². The zero-order valence-electron chi connectivity index (χ0n) is 10.9. The zero-order valence-corrected chi connectivity index (χ0v) is 14.2. The Bertz CT molecular complexity index is 726. The van der Waals surface area contributed by atoms with Gasteiger partial charge in [0.05, 0.1) is 5.75 Å². The molecule has 0 unspecified atom stereocenters. The highest BCUT2D eigenvalue weighted by atomic mass is 35.5. The monoisotopic (exact) mass is 355 g/mol. The Morgan fingerprint density at radius 1 is 1.19 bits per heavy atom. The molecule has 0 saturated carbocycles. The van der Waals surface area contributed by atoms with Crippen molar-refractivity contribution >= 4 is 46.5 Å². The number of thioether (sulfide) groups is 2. The van der Waals surface area contributed by atoms with Crippen LogP contribution in [0.25, 0.3) is 11.3 Å². The van der Waals surface area contributed by atoms with Crippen molar-refractivity contribution in [2.45, 2.75) is 14.4 Å². The van der Waals surface area contributed by atoms with Crippen molar-refractivity contribution in [2.75, 3.05) is 6.26 Å². The Labute approximate surface area is 139 Å². The van der Waals surface area contributed by atoms with Crippen LogP contribution >= 0.6 is 46.5 Å². The van der Waals surface area contributed by atoms with Crippen LogP contribution in [0.15, 0.2) is 43.5 Å². The Kier molecular flexibility index (Phi) is 4.84. The zero-order chi connectivity index (χ0) is 14.7. The van der Waals surface area contributed by atoms with Crippen molar-refractivity contribution in [2.24, 2.45) is 0 Å². The molecule has 0 saturated heterocycles. The van der Waals surface area contributed by atoms with E-state index in [1.807, 2.05) is 36.6 Å². The molecule has 0 aliphatic carbocycles. The normalized spacial score (nSPS) is 11.0. The van der Waals surface area contributed by atoms with Crippen LogP contribution in [0.2, 0.25) is 5.02 Å². The molecule has 0 radical (unpaired) electrons. The minimum absolute atomic E-state index is 0.684. The second kappa shape index (κ2) is 6.83. The molecule has 108 valence electrons. The predicted octanol–water partition coefficient (Wildman–Crippen LogP) is 4.86. The Morgan fingerprint density at radius 3 is 2.67 bits per heavy atom. The van der Waals surface area contributed by atoms with Gasteiger partial charge >= 0.3 is 0 Å². The molecule has 4 nitrogen and oxygen atoms in total. The summed E-state index contributed by atoms with van der Waals surface area (Å²) in [4.78, 5) is 0. The van der Waals surface area contributed by atoms with Crippen LogP contribution in [-0.4, -0.2) is 21.6 Å². The summed E-state index contributed by atoms with van der Waals surface area (Å²) in [7, 11) is 0. The SMILES string of the molecule is CSc1nnc(SCc2cc(-c3ccc(Cl)cc3)no2)s1. The topological polar surface area (TPSA) is 51.8 Å². The lowest BCUT2D eigenvalue weighted by molar-refractivity contribution is 0.397. The highest BCUT2D eigenvalue weighted by molar-refractivity contribution is 8.02. The van der Waals surface area contributed by atoms with Gasteiger partial charge in [-0.05, 0) is 18.4 Å². The molecule has 0 amide bonds. The van der Waals surface area contributed by atoms with Gasteiger partial charge in [0.1, 0.15) is 11.5 Å². The fourth-order valence-electron chi connectivity index (χ4n) is 1.61. The van der Waals surface area contributed by atoms with E-state index in [1.165, 1.54) is 0 Å². The summed E-state index contributed by atoms with van der Waals surface area (Å²) >= 11 is 10.7. The Morgan fingerprint density at radius 2 is 1.95 bits per heavy atom. The van der Waals surface area contributed by atoms with Gasteiger partial charge in [0.15, 0.2) is 8.68 Å². The summed E-state index contributed by atoms with van der Waals surface area (Å²) in [6, 6.07) is 9.46. The minimum atomic E-state index is 0.684. The Balaban J connectivity index is 1.66. The molecule has 0 spiro atoms. The molecule has 3 aromatic rings. The van der Waals surface area contributed by atoms with E-state index in [0.717, 1.165) is 25.7 Å². The highest BCUT2D eigenvalue weighted by Crippen LogP contribution is 2.30. The number of rotatable bonds is 5. The molecule has 2 aromatic heterocycles. The maximum Gasteiger partial charge on any atom is 0.175 e. The fourth-order valence-corrected chi connectivity index (χ4v) is 4.05. The van der Waals surface area contributed by atoms with Gasteiger partial charge in [-0.2, -0.15) is 0 Å². The smallest absolute Gasteiger partial charge is 0.175 e. The lowest BCUT2D eigenvalue weighted by atomic mass is 10.1. The summed E-state index contributed by atoms with van der Waals surface area (Å²) in [6.07, 6.45) is 1.99. The van der Waals surface area contributed by atoms with Crippen molar-refractivity contribution in [3.05, 3.63) is 41.1 Å². The maximum absolute atomic E-state index is 5.88. The van der Waals surface area contributed by atoms with E-state index in [9.17, 15) is 0 Å². The standard InChI is InChI=1S/C13H10ClN3OS3/c1-19-12-15-16-13(21-12)20-7-10-6-11(17-18-10)8-2-4-9(14)5-3-8/h2-6H,7H2,1H3. The molecule has 21 heavy (non-hydrogen) atoms. The van der Waals surface area contributed by atoms with Crippen LogP contribution in [0.5, 0.6) is 0 Å². The van der Waals surface area contributed by atoms with E-state index in [4.69, 9.17) is 16.1 Å². The van der Waals surface area contributed by atoms with Crippen LogP contribution in [0.1, 0.15) is 5.76 Å². The third-order valence-corrected chi connectivity index (χ3v) is 5.91. The van der Waals surface area contributed by atoms with Gasteiger partial charge in [0.2, 0.25) is 0 Å². The van der Waals surface area contributed by atoms with Gasteiger partial charge < -0.3 is 4.52 Å². The van der Waals surface area contributed by atoms with E-state index in [2.05, 4.69) is 15.4 Å². The first kappa shape index (κ1) is 14.9. The number of hydrogen-bond donors (Lipinski definition) is 0. The first-order chi connectivity index (χ1) is 10.2. The molecule has 0 aliphatic heterocycles. The van der Waals surface area contributed by atoms with Crippen LogP contribution in [-0.2, 0) is 5.75 Å². The summed E-state index contributed by atoms with van der Waals surface area (Å²) in [5.41, 5.74) is 1.80. The van der Waals surface area contributed by atoms with E-state index < -0.39 is 0 Å². The molecule has 0 aliphatic rings. The van der Waals surface area contributed by atoms with Crippen LogP contribution in [0.4, 0.5) is 0 Å². The van der Waals surface area contributed by atoms with Crippen LogP contribution in [0.3, 0.4) is 0 Å². The number of nitrogens with zero attached hydrogens (tertiary/aromatic N) is 3.